The Bertz CT molecular complexity index is 525. The van der Waals surface area contributed by atoms with Crippen molar-refractivity contribution in [3.63, 3.8) is 0 Å². The highest BCUT2D eigenvalue weighted by atomic mass is 35.5. The normalized spacial score (nSPS) is 10.8. The Morgan fingerprint density at radius 3 is 2.83 bits per heavy atom. The topological polar surface area (TPSA) is 25.8 Å². The SMILES string of the molecule is Cc1ncsc1CCSc1ccnc(CCl)c1C. The van der Waals surface area contributed by atoms with Gasteiger partial charge in [-0.1, -0.05) is 0 Å². The number of rotatable bonds is 5. The minimum atomic E-state index is 0.480. The summed E-state index contributed by atoms with van der Waals surface area (Å²) in [7, 11) is 0. The predicted molar refractivity (Wildman–Crippen MR) is 79.8 cm³/mol. The molecule has 0 saturated heterocycles. The summed E-state index contributed by atoms with van der Waals surface area (Å²) in [5.41, 5.74) is 5.26. The maximum Gasteiger partial charge on any atom is 0.0797 e. The third-order valence-electron chi connectivity index (χ3n) is 2.82. The molecule has 2 heterocycles. The number of alkyl halides is 1. The van der Waals surface area contributed by atoms with Gasteiger partial charge in [0.15, 0.2) is 0 Å². The number of aryl methyl sites for hydroxylation is 2. The van der Waals surface area contributed by atoms with Crippen LogP contribution in [-0.4, -0.2) is 15.7 Å². The van der Waals surface area contributed by atoms with Crippen LogP contribution < -0.4 is 0 Å². The molecular weight excluding hydrogens is 284 g/mol. The number of hydrogen-bond acceptors (Lipinski definition) is 4. The van der Waals surface area contributed by atoms with Crippen molar-refractivity contribution in [2.75, 3.05) is 5.75 Å². The number of halogens is 1. The molecule has 0 aliphatic rings. The minimum absolute atomic E-state index is 0.480. The van der Waals surface area contributed by atoms with Crippen LogP contribution in [-0.2, 0) is 12.3 Å². The van der Waals surface area contributed by atoms with E-state index in [4.69, 9.17) is 11.6 Å². The average molecular weight is 299 g/mol. The summed E-state index contributed by atoms with van der Waals surface area (Å²) in [5, 5.41) is 0. The van der Waals surface area contributed by atoms with Crippen LogP contribution in [0.1, 0.15) is 21.8 Å². The number of nitrogens with zero attached hydrogens (tertiary/aromatic N) is 2. The summed E-state index contributed by atoms with van der Waals surface area (Å²) in [6.45, 7) is 4.16. The fraction of sp³-hybridized carbons (Fsp3) is 0.385. The lowest BCUT2D eigenvalue weighted by Crippen LogP contribution is -1.94. The summed E-state index contributed by atoms with van der Waals surface area (Å²) >= 11 is 9.46. The zero-order valence-corrected chi connectivity index (χ0v) is 12.8. The molecule has 0 atom stereocenters. The summed E-state index contributed by atoms with van der Waals surface area (Å²) < 4.78 is 0. The van der Waals surface area contributed by atoms with Crippen LogP contribution in [0.3, 0.4) is 0 Å². The molecule has 0 aromatic carbocycles. The van der Waals surface area contributed by atoms with E-state index in [0.29, 0.717) is 5.88 Å². The van der Waals surface area contributed by atoms with Crippen molar-refractivity contribution < 1.29 is 0 Å². The van der Waals surface area contributed by atoms with E-state index in [1.807, 2.05) is 23.5 Å². The van der Waals surface area contributed by atoms with Gasteiger partial charge in [-0.25, -0.2) is 4.98 Å². The average Bonchev–Trinajstić information content (AvgIpc) is 2.77. The predicted octanol–water partition coefficient (Wildman–Crippen LogP) is 4.23. The molecule has 0 fully saturated rings. The van der Waals surface area contributed by atoms with E-state index in [1.54, 1.807) is 11.3 Å². The molecule has 2 aromatic rings. The molecule has 0 bridgehead atoms. The van der Waals surface area contributed by atoms with Gasteiger partial charge in [-0.05, 0) is 31.9 Å². The summed E-state index contributed by atoms with van der Waals surface area (Å²) in [6.07, 6.45) is 2.91. The van der Waals surface area contributed by atoms with E-state index >= 15 is 0 Å². The summed E-state index contributed by atoms with van der Waals surface area (Å²) in [4.78, 5) is 11.2. The van der Waals surface area contributed by atoms with E-state index in [0.717, 1.165) is 23.6 Å². The second-order valence-electron chi connectivity index (χ2n) is 3.97. The van der Waals surface area contributed by atoms with E-state index in [-0.39, 0.29) is 0 Å². The molecule has 0 N–H and O–H groups in total. The maximum absolute atomic E-state index is 5.86. The molecule has 2 aromatic heterocycles. The fourth-order valence-corrected chi connectivity index (χ4v) is 3.87. The van der Waals surface area contributed by atoms with Crippen molar-refractivity contribution in [1.29, 1.82) is 0 Å². The second-order valence-corrected chi connectivity index (χ2v) is 6.32. The Hall–Kier alpha value is -0.580. The third kappa shape index (κ3) is 3.25. The Morgan fingerprint density at radius 2 is 2.17 bits per heavy atom. The molecule has 0 aliphatic carbocycles. The maximum atomic E-state index is 5.86. The highest BCUT2D eigenvalue weighted by Gasteiger charge is 2.06. The molecule has 0 radical (unpaired) electrons. The Morgan fingerprint density at radius 1 is 1.33 bits per heavy atom. The third-order valence-corrected chi connectivity index (χ3v) is 5.23. The van der Waals surface area contributed by atoms with Gasteiger partial charge in [0.1, 0.15) is 0 Å². The van der Waals surface area contributed by atoms with Gasteiger partial charge in [-0.15, -0.1) is 34.7 Å². The number of aromatic nitrogens is 2. The van der Waals surface area contributed by atoms with Crippen LogP contribution in [0.15, 0.2) is 22.7 Å². The van der Waals surface area contributed by atoms with Gasteiger partial charge in [-0.2, -0.15) is 0 Å². The van der Waals surface area contributed by atoms with Crippen molar-refractivity contribution in [2.24, 2.45) is 0 Å². The quantitative estimate of drug-likeness (QED) is 0.610. The summed E-state index contributed by atoms with van der Waals surface area (Å²) in [5.74, 6) is 1.55. The number of thiazole rings is 1. The first-order valence-electron chi connectivity index (χ1n) is 5.74. The van der Waals surface area contributed by atoms with Gasteiger partial charge in [0.2, 0.25) is 0 Å². The molecular formula is C13H15ClN2S2. The lowest BCUT2D eigenvalue weighted by molar-refractivity contribution is 1.07. The van der Waals surface area contributed by atoms with Gasteiger partial charge < -0.3 is 0 Å². The van der Waals surface area contributed by atoms with Crippen LogP contribution >= 0.6 is 34.7 Å². The molecule has 18 heavy (non-hydrogen) atoms. The van der Waals surface area contributed by atoms with Crippen molar-refractivity contribution in [2.45, 2.75) is 31.0 Å². The monoisotopic (exact) mass is 298 g/mol. The van der Waals surface area contributed by atoms with E-state index in [1.165, 1.54) is 15.3 Å². The highest BCUT2D eigenvalue weighted by molar-refractivity contribution is 7.99. The van der Waals surface area contributed by atoms with Crippen molar-refractivity contribution in [3.05, 3.63) is 39.6 Å². The van der Waals surface area contributed by atoms with Crippen LogP contribution in [0.2, 0.25) is 0 Å². The number of hydrogen-bond donors (Lipinski definition) is 0. The standard InChI is InChI=1S/C13H15ClN2S2/c1-9-11(7-14)15-5-3-12(9)17-6-4-13-10(2)16-8-18-13/h3,5,8H,4,6-7H2,1-2H3. The molecule has 2 nitrogen and oxygen atoms in total. The molecule has 5 heteroatoms. The minimum Gasteiger partial charge on any atom is -0.260 e. The van der Waals surface area contributed by atoms with E-state index in [2.05, 4.69) is 29.9 Å². The zero-order chi connectivity index (χ0) is 13.0. The smallest absolute Gasteiger partial charge is 0.0797 e. The van der Waals surface area contributed by atoms with Crippen LogP contribution in [0.4, 0.5) is 0 Å². The first kappa shape index (κ1) is 13.8. The Balaban J connectivity index is 1.96. The lowest BCUT2D eigenvalue weighted by Gasteiger charge is -2.07. The Labute approximate surface area is 121 Å². The van der Waals surface area contributed by atoms with Gasteiger partial charge in [0, 0.05) is 21.7 Å². The van der Waals surface area contributed by atoms with Crippen LogP contribution in [0.5, 0.6) is 0 Å². The first-order valence-corrected chi connectivity index (χ1v) is 8.14. The Kier molecular flexibility index (Phi) is 5.03. The largest absolute Gasteiger partial charge is 0.260 e. The molecule has 96 valence electrons. The van der Waals surface area contributed by atoms with Crippen LogP contribution in [0.25, 0.3) is 0 Å². The van der Waals surface area contributed by atoms with Gasteiger partial charge in [-0.3, -0.25) is 4.98 Å². The molecule has 0 spiro atoms. The highest BCUT2D eigenvalue weighted by Crippen LogP contribution is 2.26. The van der Waals surface area contributed by atoms with Gasteiger partial charge in [0.05, 0.1) is 22.8 Å². The molecule has 0 aliphatic heterocycles. The second kappa shape index (κ2) is 6.55. The van der Waals surface area contributed by atoms with E-state index in [9.17, 15) is 0 Å². The zero-order valence-electron chi connectivity index (χ0n) is 10.4. The number of thioether (sulfide) groups is 1. The molecule has 0 saturated carbocycles. The summed E-state index contributed by atoms with van der Waals surface area (Å²) in [6, 6.07) is 2.07. The van der Waals surface area contributed by atoms with Crippen molar-refractivity contribution in [1.82, 2.24) is 9.97 Å². The van der Waals surface area contributed by atoms with Crippen molar-refractivity contribution >= 4 is 34.7 Å². The lowest BCUT2D eigenvalue weighted by atomic mass is 10.2. The van der Waals surface area contributed by atoms with Crippen LogP contribution in [0, 0.1) is 13.8 Å². The molecule has 0 unspecified atom stereocenters. The first-order chi connectivity index (χ1) is 8.72. The van der Waals surface area contributed by atoms with Crippen molar-refractivity contribution in [3.8, 4) is 0 Å². The molecule has 2 rings (SSSR count). The fourth-order valence-electron chi connectivity index (χ4n) is 1.67. The van der Waals surface area contributed by atoms with Gasteiger partial charge in [0.25, 0.3) is 0 Å². The van der Waals surface area contributed by atoms with E-state index < -0.39 is 0 Å². The molecule has 0 amide bonds. The van der Waals surface area contributed by atoms with Gasteiger partial charge >= 0.3 is 0 Å². The number of pyridine rings is 1.